The van der Waals surface area contributed by atoms with E-state index in [2.05, 4.69) is 0 Å². The van der Waals surface area contributed by atoms with E-state index in [0.717, 1.165) is 5.56 Å². The van der Waals surface area contributed by atoms with Crippen LogP contribution in [0.1, 0.15) is 5.56 Å². The quantitative estimate of drug-likeness (QED) is 0.675. The lowest BCUT2D eigenvalue weighted by molar-refractivity contribution is 0.475. The largest absolute Gasteiger partial charge is 0.508 e. The van der Waals surface area contributed by atoms with Crippen LogP contribution in [0.4, 0.5) is 0 Å². The maximum atomic E-state index is 8.95. The number of benzene rings is 1. The van der Waals surface area contributed by atoms with Crippen LogP contribution in [0.3, 0.4) is 0 Å². The van der Waals surface area contributed by atoms with Gasteiger partial charge in [-0.25, -0.2) is 0 Å². The number of hydrogen-bond acceptors (Lipinski definition) is 3. The van der Waals surface area contributed by atoms with Crippen molar-refractivity contribution >= 4 is 0 Å². The van der Waals surface area contributed by atoms with Gasteiger partial charge in [0.25, 0.3) is 0 Å². The molecule has 0 aliphatic rings. The fourth-order valence-electron chi connectivity index (χ4n) is 0.932. The lowest BCUT2D eigenvalue weighted by atomic mass is 10.1. The molecular weight excluding hydrogens is 152 g/mol. The molecule has 0 bridgehead atoms. The smallest absolute Gasteiger partial charge is 0.115 e. The average molecular weight is 162 g/mol. The second-order valence-electron chi connectivity index (χ2n) is 2.61. The molecule has 1 unspecified atom stereocenters. The Bertz CT molecular complexity index is 286. The topological polar surface area (TPSA) is 70.0 Å². The Hall–Kier alpha value is -1.53. The van der Waals surface area contributed by atoms with Crippen molar-refractivity contribution in [2.24, 2.45) is 5.73 Å². The minimum Gasteiger partial charge on any atom is -0.508 e. The maximum Gasteiger partial charge on any atom is 0.115 e. The van der Waals surface area contributed by atoms with Crippen LogP contribution >= 0.6 is 0 Å². The van der Waals surface area contributed by atoms with Gasteiger partial charge in [0.15, 0.2) is 0 Å². The lowest BCUT2D eigenvalue weighted by Crippen LogP contribution is -2.19. The number of nitrogens with zero attached hydrogens (tertiary/aromatic N) is 1. The van der Waals surface area contributed by atoms with Gasteiger partial charge in [0.1, 0.15) is 5.75 Å². The van der Waals surface area contributed by atoms with Crippen molar-refractivity contribution in [3.63, 3.8) is 0 Å². The van der Waals surface area contributed by atoms with Gasteiger partial charge >= 0.3 is 0 Å². The minimum atomic E-state index is -0.463. The Morgan fingerprint density at radius 1 is 1.42 bits per heavy atom. The van der Waals surface area contributed by atoms with Crippen molar-refractivity contribution in [1.29, 1.82) is 5.26 Å². The summed E-state index contributed by atoms with van der Waals surface area (Å²) in [6.07, 6.45) is 0.525. The van der Waals surface area contributed by atoms with Crippen LogP contribution in [-0.2, 0) is 6.42 Å². The molecule has 1 aromatic carbocycles. The number of phenolic OH excluding ortho intramolecular Hbond substituents is 1. The molecule has 3 N–H and O–H groups in total. The van der Waals surface area contributed by atoms with Gasteiger partial charge in [-0.2, -0.15) is 5.26 Å². The van der Waals surface area contributed by atoms with E-state index in [1.807, 2.05) is 6.07 Å². The third kappa shape index (κ3) is 2.26. The molecule has 0 radical (unpaired) electrons. The summed E-state index contributed by atoms with van der Waals surface area (Å²) in [5.41, 5.74) is 6.38. The van der Waals surface area contributed by atoms with E-state index in [9.17, 15) is 0 Å². The van der Waals surface area contributed by atoms with Gasteiger partial charge < -0.3 is 10.8 Å². The van der Waals surface area contributed by atoms with Crippen molar-refractivity contribution in [2.45, 2.75) is 12.5 Å². The van der Waals surface area contributed by atoms with Crippen molar-refractivity contribution in [3.05, 3.63) is 29.8 Å². The average Bonchev–Trinajstić information content (AvgIpc) is 2.09. The number of aromatic hydroxyl groups is 1. The summed E-state index contributed by atoms with van der Waals surface area (Å²) in [4.78, 5) is 0. The van der Waals surface area contributed by atoms with Crippen molar-refractivity contribution < 1.29 is 5.11 Å². The van der Waals surface area contributed by atoms with Gasteiger partial charge in [0.05, 0.1) is 12.1 Å². The highest BCUT2D eigenvalue weighted by molar-refractivity contribution is 5.26. The van der Waals surface area contributed by atoms with Crippen molar-refractivity contribution in [3.8, 4) is 11.8 Å². The highest BCUT2D eigenvalue weighted by Crippen LogP contribution is 2.10. The third-order valence-corrected chi connectivity index (χ3v) is 1.56. The molecule has 3 heteroatoms. The maximum absolute atomic E-state index is 8.95. The summed E-state index contributed by atoms with van der Waals surface area (Å²) in [5.74, 6) is 0.226. The van der Waals surface area contributed by atoms with Crippen LogP contribution in [0.2, 0.25) is 0 Å². The molecule has 1 atom stereocenters. The molecule has 1 rings (SSSR count). The van der Waals surface area contributed by atoms with Crippen LogP contribution in [0.15, 0.2) is 24.3 Å². The molecule has 0 saturated heterocycles. The van der Waals surface area contributed by atoms with E-state index in [-0.39, 0.29) is 5.75 Å². The zero-order valence-electron chi connectivity index (χ0n) is 6.57. The number of nitrogens with two attached hydrogens (primary N) is 1. The van der Waals surface area contributed by atoms with Gasteiger partial charge in [0.2, 0.25) is 0 Å². The highest BCUT2D eigenvalue weighted by atomic mass is 16.3. The van der Waals surface area contributed by atoms with Crippen LogP contribution in [-0.4, -0.2) is 11.1 Å². The predicted molar refractivity (Wildman–Crippen MR) is 45.4 cm³/mol. The van der Waals surface area contributed by atoms with Gasteiger partial charge in [-0.1, -0.05) is 12.1 Å². The fraction of sp³-hybridized carbons (Fsp3) is 0.222. The Labute approximate surface area is 71.1 Å². The summed E-state index contributed by atoms with van der Waals surface area (Å²) >= 11 is 0. The first kappa shape index (κ1) is 8.57. The number of hydrogen-bond donors (Lipinski definition) is 2. The molecule has 0 aliphatic carbocycles. The van der Waals surface area contributed by atoms with Gasteiger partial charge in [-0.15, -0.1) is 0 Å². The predicted octanol–water partition coefficient (Wildman–Crippen LogP) is 0.786. The first-order valence-electron chi connectivity index (χ1n) is 3.65. The molecule has 0 amide bonds. The number of nitriles is 1. The molecule has 0 spiro atoms. The second kappa shape index (κ2) is 3.74. The molecule has 0 fully saturated rings. The molecular formula is C9H10N2O. The molecule has 12 heavy (non-hydrogen) atoms. The van der Waals surface area contributed by atoms with Crippen LogP contribution in [0.25, 0.3) is 0 Å². The molecule has 0 aliphatic heterocycles. The van der Waals surface area contributed by atoms with E-state index in [1.54, 1.807) is 24.3 Å². The highest BCUT2D eigenvalue weighted by Gasteiger charge is 2.00. The SMILES string of the molecule is N#CC(N)Cc1ccc(O)cc1. The monoisotopic (exact) mass is 162 g/mol. The second-order valence-corrected chi connectivity index (χ2v) is 2.61. The molecule has 3 nitrogen and oxygen atoms in total. The first-order valence-corrected chi connectivity index (χ1v) is 3.65. The molecule has 0 aromatic heterocycles. The molecule has 0 heterocycles. The third-order valence-electron chi connectivity index (χ3n) is 1.56. The molecule has 1 aromatic rings. The summed E-state index contributed by atoms with van der Waals surface area (Å²) < 4.78 is 0. The van der Waals surface area contributed by atoms with E-state index in [4.69, 9.17) is 16.1 Å². The normalized spacial score (nSPS) is 12.0. The summed E-state index contributed by atoms with van der Waals surface area (Å²) in [6.45, 7) is 0. The number of rotatable bonds is 2. The number of phenols is 1. The summed E-state index contributed by atoms with van der Waals surface area (Å²) in [6, 6.07) is 8.16. The van der Waals surface area contributed by atoms with Crippen LogP contribution < -0.4 is 5.73 Å². The zero-order valence-corrected chi connectivity index (χ0v) is 6.57. The summed E-state index contributed by atoms with van der Waals surface area (Å²) in [5, 5.41) is 17.4. The van der Waals surface area contributed by atoms with Gasteiger partial charge in [-0.05, 0) is 17.7 Å². The minimum absolute atomic E-state index is 0.226. The van der Waals surface area contributed by atoms with E-state index >= 15 is 0 Å². The van der Waals surface area contributed by atoms with Crippen LogP contribution in [0.5, 0.6) is 5.75 Å². The first-order chi connectivity index (χ1) is 5.72. The Kier molecular flexibility index (Phi) is 2.67. The standard InChI is InChI=1S/C9H10N2O/c10-6-8(11)5-7-1-3-9(12)4-2-7/h1-4,8,12H,5,11H2. The fourth-order valence-corrected chi connectivity index (χ4v) is 0.932. The Morgan fingerprint density at radius 3 is 2.50 bits per heavy atom. The molecule has 62 valence electrons. The van der Waals surface area contributed by atoms with Gasteiger partial charge in [-0.3, -0.25) is 0 Å². The van der Waals surface area contributed by atoms with E-state index in [0.29, 0.717) is 6.42 Å². The van der Waals surface area contributed by atoms with Crippen molar-refractivity contribution in [1.82, 2.24) is 0 Å². The lowest BCUT2D eigenvalue weighted by Gasteiger charge is -2.01. The van der Waals surface area contributed by atoms with E-state index < -0.39 is 6.04 Å². The van der Waals surface area contributed by atoms with Gasteiger partial charge in [0, 0.05) is 6.42 Å². The summed E-state index contributed by atoms with van der Waals surface area (Å²) in [7, 11) is 0. The Balaban J connectivity index is 2.66. The van der Waals surface area contributed by atoms with E-state index in [1.165, 1.54) is 0 Å². The van der Waals surface area contributed by atoms with Crippen LogP contribution in [0, 0.1) is 11.3 Å². The van der Waals surface area contributed by atoms with Crippen molar-refractivity contribution in [2.75, 3.05) is 0 Å². The zero-order chi connectivity index (χ0) is 8.97. The Morgan fingerprint density at radius 2 is 2.00 bits per heavy atom. The molecule has 0 saturated carbocycles.